The number of carbonyl (C=O) groups excluding carboxylic acids is 1. The molecule has 0 spiro atoms. The molecule has 0 aliphatic carbocycles. The molecular weight excluding hydrogens is 300 g/mol. The van der Waals surface area contributed by atoms with Gasteiger partial charge in [0.05, 0.1) is 19.2 Å². The van der Waals surface area contributed by atoms with Crippen molar-refractivity contribution in [1.82, 2.24) is 10.5 Å². The molecule has 1 heterocycles. The highest BCUT2D eigenvalue weighted by Crippen LogP contribution is 2.22. The summed E-state index contributed by atoms with van der Waals surface area (Å²) in [6.45, 7) is 0.311. The molecule has 2 rings (SSSR count). The van der Waals surface area contributed by atoms with Crippen LogP contribution in [0.15, 0.2) is 39.5 Å². The van der Waals surface area contributed by atoms with E-state index in [2.05, 4.69) is 30.9 Å². The van der Waals surface area contributed by atoms with Crippen molar-refractivity contribution in [3.8, 4) is 5.75 Å². The molecule has 1 amide bonds. The van der Waals surface area contributed by atoms with Gasteiger partial charge in [-0.2, -0.15) is 0 Å². The largest absolute Gasteiger partial charge is 0.496 e. The number of nitrogens with one attached hydrogen (secondary N) is 1. The molecule has 6 heteroatoms. The molecule has 1 aromatic heterocycles. The van der Waals surface area contributed by atoms with Crippen LogP contribution < -0.4 is 10.1 Å². The smallest absolute Gasteiger partial charge is 0.255 e. The van der Waals surface area contributed by atoms with E-state index in [1.165, 1.54) is 13.4 Å². The first kappa shape index (κ1) is 12.6. The van der Waals surface area contributed by atoms with Crippen molar-refractivity contribution in [2.45, 2.75) is 6.54 Å². The van der Waals surface area contributed by atoms with E-state index in [1.54, 1.807) is 18.2 Å². The molecule has 0 saturated heterocycles. The van der Waals surface area contributed by atoms with Gasteiger partial charge in [-0.3, -0.25) is 4.79 Å². The Kier molecular flexibility index (Phi) is 3.99. The quantitative estimate of drug-likeness (QED) is 0.941. The standard InChI is InChI=1S/C12H11BrN2O3/c1-17-11-3-2-8(13)6-10(11)12(16)14-7-9-4-5-18-15-9/h2-6H,7H2,1H3,(H,14,16). The van der Waals surface area contributed by atoms with Crippen LogP contribution in [-0.2, 0) is 6.54 Å². The molecule has 0 aliphatic heterocycles. The van der Waals surface area contributed by atoms with Crippen LogP contribution in [0.4, 0.5) is 0 Å². The van der Waals surface area contributed by atoms with Crippen molar-refractivity contribution >= 4 is 21.8 Å². The number of aromatic nitrogens is 1. The lowest BCUT2D eigenvalue weighted by molar-refractivity contribution is 0.0947. The Hall–Kier alpha value is -1.82. The van der Waals surface area contributed by atoms with Crippen molar-refractivity contribution in [2.24, 2.45) is 0 Å². The first-order valence-electron chi connectivity index (χ1n) is 5.21. The van der Waals surface area contributed by atoms with Gasteiger partial charge in [-0.1, -0.05) is 21.1 Å². The van der Waals surface area contributed by atoms with Crippen LogP contribution >= 0.6 is 15.9 Å². The van der Waals surface area contributed by atoms with Gasteiger partial charge in [-0.25, -0.2) is 0 Å². The summed E-state index contributed by atoms with van der Waals surface area (Å²) in [7, 11) is 1.53. The zero-order valence-corrected chi connectivity index (χ0v) is 11.2. The molecule has 94 valence electrons. The first-order chi connectivity index (χ1) is 8.70. The minimum atomic E-state index is -0.226. The lowest BCUT2D eigenvalue weighted by atomic mass is 10.2. The molecule has 0 aliphatic rings. The third kappa shape index (κ3) is 2.89. The van der Waals surface area contributed by atoms with Gasteiger partial charge in [0, 0.05) is 10.5 Å². The number of nitrogens with zero attached hydrogens (tertiary/aromatic N) is 1. The third-order valence-electron chi connectivity index (χ3n) is 2.33. The van der Waals surface area contributed by atoms with E-state index in [4.69, 9.17) is 4.74 Å². The fourth-order valence-electron chi connectivity index (χ4n) is 1.45. The molecule has 18 heavy (non-hydrogen) atoms. The molecule has 0 saturated carbocycles. The van der Waals surface area contributed by atoms with Crippen LogP contribution in [0.5, 0.6) is 5.75 Å². The van der Waals surface area contributed by atoms with E-state index in [9.17, 15) is 4.79 Å². The SMILES string of the molecule is COc1ccc(Br)cc1C(=O)NCc1ccon1. The van der Waals surface area contributed by atoms with Crippen LogP contribution in [0.1, 0.15) is 16.1 Å². The van der Waals surface area contributed by atoms with E-state index >= 15 is 0 Å². The summed E-state index contributed by atoms with van der Waals surface area (Å²) in [6, 6.07) is 6.94. The Bertz CT molecular complexity index is 540. The van der Waals surface area contributed by atoms with Gasteiger partial charge in [-0.15, -0.1) is 0 Å². The number of benzene rings is 1. The molecule has 1 N–H and O–H groups in total. The van der Waals surface area contributed by atoms with E-state index in [-0.39, 0.29) is 5.91 Å². The molecule has 0 atom stereocenters. The molecule has 0 bridgehead atoms. The third-order valence-corrected chi connectivity index (χ3v) is 2.82. The van der Waals surface area contributed by atoms with Gasteiger partial charge in [0.1, 0.15) is 17.7 Å². The summed E-state index contributed by atoms with van der Waals surface area (Å²) in [5.41, 5.74) is 1.13. The van der Waals surface area contributed by atoms with E-state index in [0.29, 0.717) is 23.6 Å². The highest BCUT2D eigenvalue weighted by molar-refractivity contribution is 9.10. The second-order valence-corrected chi connectivity index (χ2v) is 4.43. The van der Waals surface area contributed by atoms with Crippen LogP contribution in [0.25, 0.3) is 0 Å². The van der Waals surface area contributed by atoms with Crippen molar-refractivity contribution in [3.05, 3.63) is 46.3 Å². The van der Waals surface area contributed by atoms with Crippen molar-refractivity contribution < 1.29 is 14.1 Å². The highest BCUT2D eigenvalue weighted by Gasteiger charge is 2.12. The lowest BCUT2D eigenvalue weighted by Gasteiger charge is -2.08. The summed E-state index contributed by atoms with van der Waals surface area (Å²) in [5, 5.41) is 6.45. The monoisotopic (exact) mass is 310 g/mol. The fraction of sp³-hybridized carbons (Fsp3) is 0.167. The number of ether oxygens (including phenoxy) is 1. The van der Waals surface area contributed by atoms with Gasteiger partial charge in [-0.05, 0) is 18.2 Å². The number of halogens is 1. The average Bonchev–Trinajstić information content (AvgIpc) is 2.89. The van der Waals surface area contributed by atoms with Crippen LogP contribution in [-0.4, -0.2) is 18.2 Å². The number of amides is 1. The summed E-state index contributed by atoms with van der Waals surface area (Å²) >= 11 is 3.32. The molecule has 0 unspecified atom stereocenters. The van der Waals surface area contributed by atoms with E-state index < -0.39 is 0 Å². The molecular formula is C12H11BrN2O3. The van der Waals surface area contributed by atoms with Gasteiger partial charge >= 0.3 is 0 Å². The van der Waals surface area contributed by atoms with E-state index in [0.717, 1.165) is 4.47 Å². The Morgan fingerprint density at radius 2 is 2.33 bits per heavy atom. The summed E-state index contributed by atoms with van der Waals surface area (Å²) < 4.78 is 10.6. The van der Waals surface area contributed by atoms with Crippen LogP contribution in [0, 0.1) is 0 Å². The van der Waals surface area contributed by atoms with Gasteiger partial charge in [0.25, 0.3) is 5.91 Å². The van der Waals surface area contributed by atoms with Crippen LogP contribution in [0.2, 0.25) is 0 Å². The predicted octanol–water partition coefficient (Wildman–Crippen LogP) is 2.38. The maximum atomic E-state index is 12.0. The number of hydrogen-bond acceptors (Lipinski definition) is 4. The summed E-state index contributed by atoms with van der Waals surface area (Å²) in [6.07, 6.45) is 1.46. The maximum absolute atomic E-state index is 12.0. The number of carbonyl (C=O) groups is 1. The van der Waals surface area contributed by atoms with Gasteiger partial charge in [0.15, 0.2) is 0 Å². The van der Waals surface area contributed by atoms with Crippen molar-refractivity contribution in [1.29, 1.82) is 0 Å². The topological polar surface area (TPSA) is 64.4 Å². The zero-order chi connectivity index (χ0) is 13.0. The second-order valence-electron chi connectivity index (χ2n) is 3.52. The van der Waals surface area contributed by atoms with Crippen molar-refractivity contribution in [2.75, 3.05) is 7.11 Å². The average molecular weight is 311 g/mol. The Balaban J connectivity index is 2.10. The Morgan fingerprint density at radius 1 is 1.50 bits per heavy atom. The molecule has 2 aromatic rings. The second kappa shape index (κ2) is 5.68. The molecule has 0 fully saturated rings. The number of hydrogen-bond donors (Lipinski definition) is 1. The summed E-state index contributed by atoms with van der Waals surface area (Å²) in [4.78, 5) is 12.0. The van der Waals surface area contributed by atoms with Crippen molar-refractivity contribution in [3.63, 3.8) is 0 Å². The minimum Gasteiger partial charge on any atom is -0.496 e. The lowest BCUT2D eigenvalue weighted by Crippen LogP contribution is -2.23. The van der Waals surface area contributed by atoms with Gasteiger partial charge < -0.3 is 14.6 Å². The Morgan fingerprint density at radius 3 is 3.00 bits per heavy atom. The minimum absolute atomic E-state index is 0.226. The first-order valence-corrected chi connectivity index (χ1v) is 6.01. The van der Waals surface area contributed by atoms with Gasteiger partial charge in [0.2, 0.25) is 0 Å². The number of rotatable bonds is 4. The summed E-state index contributed by atoms with van der Waals surface area (Å²) in [5.74, 6) is 0.298. The normalized spacial score (nSPS) is 10.1. The zero-order valence-electron chi connectivity index (χ0n) is 9.64. The molecule has 0 radical (unpaired) electrons. The van der Waals surface area contributed by atoms with Crippen LogP contribution in [0.3, 0.4) is 0 Å². The highest BCUT2D eigenvalue weighted by atomic mass is 79.9. The maximum Gasteiger partial charge on any atom is 0.255 e. The fourth-order valence-corrected chi connectivity index (χ4v) is 1.81. The molecule has 1 aromatic carbocycles. The molecule has 5 nitrogen and oxygen atoms in total. The number of methoxy groups -OCH3 is 1. The predicted molar refractivity (Wildman–Crippen MR) is 68.4 cm³/mol. The van der Waals surface area contributed by atoms with E-state index in [1.807, 2.05) is 6.07 Å². The Labute approximate surface area is 112 Å².